The Morgan fingerprint density at radius 1 is 1.47 bits per heavy atom. The van der Waals surface area contributed by atoms with Gasteiger partial charge in [0, 0.05) is 12.1 Å². The van der Waals surface area contributed by atoms with Gasteiger partial charge in [0.1, 0.15) is 0 Å². The zero-order chi connectivity index (χ0) is 11.9. The fourth-order valence-electron chi connectivity index (χ4n) is 1.11. The maximum Gasteiger partial charge on any atom is 0.318 e. The topological polar surface area (TPSA) is 104 Å². The summed E-state index contributed by atoms with van der Waals surface area (Å²) in [4.78, 5) is 21.4. The van der Waals surface area contributed by atoms with Crippen LogP contribution in [0.2, 0.25) is 0 Å². The van der Waals surface area contributed by atoms with E-state index in [1.54, 1.807) is 0 Å². The molecular formula is C9H19N3O3. The lowest BCUT2D eigenvalue weighted by atomic mass is 9.95. The number of nitrogens with two attached hydrogens (primary N) is 1. The van der Waals surface area contributed by atoms with E-state index in [4.69, 9.17) is 10.8 Å². The third kappa shape index (κ3) is 6.03. The first-order valence-electron chi connectivity index (χ1n) is 4.88. The molecule has 0 aromatic carbocycles. The molecule has 15 heavy (non-hydrogen) atoms. The molecule has 0 spiro atoms. The zero-order valence-electron chi connectivity index (χ0n) is 9.17. The maximum atomic E-state index is 11.1. The number of hydrogen-bond acceptors (Lipinski definition) is 4. The second-order valence-electron chi connectivity index (χ2n) is 3.65. The normalized spacial score (nSPS) is 14.3. The van der Waals surface area contributed by atoms with E-state index in [0.29, 0.717) is 6.42 Å². The third-order valence-corrected chi connectivity index (χ3v) is 2.38. The summed E-state index contributed by atoms with van der Waals surface area (Å²) in [5.74, 6) is -0.472. The van der Waals surface area contributed by atoms with E-state index in [-0.39, 0.29) is 18.7 Å². The molecule has 6 heteroatoms. The van der Waals surface area contributed by atoms with E-state index in [1.807, 2.05) is 19.2 Å². The van der Waals surface area contributed by atoms with Crippen LogP contribution in [0.5, 0.6) is 0 Å². The Bertz CT molecular complexity index is 233. The number of nitrogens with one attached hydrogen (secondary N) is 2. The van der Waals surface area contributed by atoms with E-state index in [1.165, 1.54) is 0 Å². The molecule has 0 aliphatic carbocycles. The average Bonchev–Trinajstić information content (AvgIpc) is 2.14. The van der Waals surface area contributed by atoms with Crippen LogP contribution in [0.1, 0.15) is 26.7 Å². The lowest BCUT2D eigenvalue weighted by Crippen LogP contribution is -2.49. The zero-order valence-corrected chi connectivity index (χ0v) is 9.17. The van der Waals surface area contributed by atoms with Crippen LogP contribution < -0.4 is 16.4 Å². The maximum absolute atomic E-state index is 11.1. The number of primary amides is 1. The van der Waals surface area contributed by atoms with E-state index in [9.17, 15) is 9.59 Å². The van der Waals surface area contributed by atoms with Crippen molar-refractivity contribution >= 4 is 11.9 Å². The Labute approximate surface area is 89.2 Å². The molecule has 1 unspecified atom stereocenters. The number of hydrogen-bond donors (Lipinski definition) is 4. The molecule has 0 heterocycles. The summed E-state index contributed by atoms with van der Waals surface area (Å²) in [6.45, 7) is 3.91. The van der Waals surface area contributed by atoms with Gasteiger partial charge in [-0.25, -0.2) is 4.79 Å². The van der Waals surface area contributed by atoms with Gasteiger partial charge in [0.15, 0.2) is 0 Å². The average molecular weight is 217 g/mol. The first-order valence-corrected chi connectivity index (χ1v) is 4.88. The molecular weight excluding hydrogens is 198 g/mol. The van der Waals surface area contributed by atoms with E-state index in [2.05, 4.69) is 5.32 Å². The minimum Gasteiger partial charge on any atom is -0.396 e. The van der Waals surface area contributed by atoms with Gasteiger partial charge in [0.2, 0.25) is 5.91 Å². The van der Waals surface area contributed by atoms with E-state index in [0.717, 1.165) is 6.42 Å². The summed E-state index contributed by atoms with van der Waals surface area (Å²) >= 11 is 0. The summed E-state index contributed by atoms with van der Waals surface area (Å²) in [6, 6.07) is -0.859. The van der Waals surface area contributed by atoms with Crippen molar-refractivity contribution in [2.24, 2.45) is 5.73 Å². The standard InChI is InChI=1S/C9H19N3O3/c1-3-9(2,4-5-13)11-6-7(14)12-8(10)15/h11,13H,3-6H2,1-2H3,(H3,10,12,14,15). The molecule has 3 amide bonds. The molecule has 1 atom stereocenters. The minimum absolute atomic E-state index is 0.00722. The quantitative estimate of drug-likeness (QED) is 0.473. The first-order chi connectivity index (χ1) is 6.93. The highest BCUT2D eigenvalue weighted by atomic mass is 16.3. The number of amides is 3. The van der Waals surface area contributed by atoms with Crippen molar-refractivity contribution in [1.29, 1.82) is 0 Å². The molecule has 0 saturated heterocycles. The van der Waals surface area contributed by atoms with Crippen LogP contribution in [0.4, 0.5) is 4.79 Å². The first kappa shape index (κ1) is 13.9. The second-order valence-corrected chi connectivity index (χ2v) is 3.65. The van der Waals surface area contributed by atoms with Crippen molar-refractivity contribution in [3.8, 4) is 0 Å². The third-order valence-electron chi connectivity index (χ3n) is 2.38. The SMILES string of the molecule is CCC(C)(CCO)NCC(=O)NC(N)=O. The number of imide groups is 1. The van der Waals surface area contributed by atoms with Gasteiger partial charge in [-0.3, -0.25) is 10.1 Å². The molecule has 0 saturated carbocycles. The van der Waals surface area contributed by atoms with Gasteiger partial charge in [-0.15, -0.1) is 0 Å². The molecule has 0 aromatic heterocycles. The van der Waals surface area contributed by atoms with Gasteiger partial charge in [0.25, 0.3) is 0 Å². The number of carbonyl (C=O) groups excluding carboxylic acids is 2. The summed E-state index contributed by atoms with van der Waals surface area (Å²) in [5.41, 5.74) is 4.48. The van der Waals surface area contributed by atoms with Crippen molar-refractivity contribution in [1.82, 2.24) is 10.6 Å². The van der Waals surface area contributed by atoms with Crippen molar-refractivity contribution in [3.05, 3.63) is 0 Å². The fraction of sp³-hybridized carbons (Fsp3) is 0.778. The lowest BCUT2D eigenvalue weighted by Gasteiger charge is -2.28. The van der Waals surface area contributed by atoms with Gasteiger partial charge in [0.05, 0.1) is 6.54 Å². The highest BCUT2D eigenvalue weighted by Gasteiger charge is 2.21. The molecule has 0 aliphatic rings. The molecule has 0 bridgehead atoms. The fourth-order valence-corrected chi connectivity index (χ4v) is 1.11. The molecule has 6 nitrogen and oxygen atoms in total. The summed E-state index contributed by atoms with van der Waals surface area (Å²) < 4.78 is 0. The number of carbonyl (C=O) groups is 2. The second kappa shape index (κ2) is 6.36. The lowest BCUT2D eigenvalue weighted by molar-refractivity contribution is -0.119. The molecule has 0 radical (unpaired) electrons. The summed E-state index contributed by atoms with van der Waals surface area (Å²) in [7, 11) is 0. The Kier molecular flexibility index (Phi) is 5.88. The van der Waals surface area contributed by atoms with Crippen LogP contribution in [0.25, 0.3) is 0 Å². The molecule has 0 fully saturated rings. The van der Waals surface area contributed by atoms with Gasteiger partial charge >= 0.3 is 6.03 Å². The largest absolute Gasteiger partial charge is 0.396 e. The van der Waals surface area contributed by atoms with Crippen LogP contribution in [0.3, 0.4) is 0 Å². The van der Waals surface area contributed by atoms with Gasteiger partial charge in [-0.05, 0) is 19.8 Å². The molecule has 0 aliphatic heterocycles. The summed E-state index contributed by atoms with van der Waals surface area (Å²) in [5, 5.41) is 13.8. The smallest absolute Gasteiger partial charge is 0.318 e. The van der Waals surface area contributed by atoms with Gasteiger partial charge in [-0.1, -0.05) is 6.92 Å². The monoisotopic (exact) mass is 217 g/mol. The van der Waals surface area contributed by atoms with Gasteiger partial charge in [-0.2, -0.15) is 0 Å². The van der Waals surface area contributed by atoms with Crippen molar-refractivity contribution in [3.63, 3.8) is 0 Å². The van der Waals surface area contributed by atoms with Crippen LogP contribution >= 0.6 is 0 Å². The molecule has 88 valence electrons. The Morgan fingerprint density at radius 2 is 2.07 bits per heavy atom. The summed E-state index contributed by atoms with van der Waals surface area (Å²) in [6.07, 6.45) is 1.32. The van der Waals surface area contributed by atoms with Crippen LogP contribution in [0, 0.1) is 0 Å². The predicted octanol–water partition coefficient (Wildman–Crippen LogP) is -0.678. The van der Waals surface area contributed by atoms with Crippen molar-refractivity contribution in [2.45, 2.75) is 32.2 Å². The Hall–Kier alpha value is -1.14. The predicted molar refractivity (Wildman–Crippen MR) is 56.1 cm³/mol. The van der Waals surface area contributed by atoms with Crippen LogP contribution in [-0.4, -0.2) is 35.7 Å². The Balaban J connectivity index is 3.99. The number of aliphatic hydroxyl groups excluding tert-OH is 1. The minimum atomic E-state index is -0.859. The number of aliphatic hydroxyl groups is 1. The Morgan fingerprint density at radius 3 is 2.47 bits per heavy atom. The molecule has 0 aromatic rings. The van der Waals surface area contributed by atoms with Gasteiger partial charge < -0.3 is 16.2 Å². The molecule has 0 rings (SSSR count). The van der Waals surface area contributed by atoms with Crippen molar-refractivity contribution < 1.29 is 14.7 Å². The van der Waals surface area contributed by atoms with E-state index >= 15 is 0 Å². The highest BCUT2D eigenvalue weighted by molar-refractivity contribution is 5.94. The van der Waals surface area contributed by atoms with Crippen LogP contribution in [0.15, 0.2) is 0 Å². The number of urea groups is 1. The van der Waals surface area contributed by atoms with Crippen molar-refractivity contribution in [2.75, 3.05) is 13.2 Å². The van der Waals surface area contributed by atoms with E-state index < -0.39 is 11.9 Å². The van der Waals surface area contributed by atoms with Crippen LogP contribution in [-0.2, 0) is 4.79 Å². The number of rotatable bonds is 6. The highest BCUT2D eigenvalue weighted by Crippen LogP contribution is 2.12. The molecule has 5 N–H and O–H groups in total.